The minimum absolute atomic E-state index is 0.111. The molecule has 2 aromatic heterocycles. The third-order valence-electron chi connectivity index (χ3n) is 4.96. The molecule has 4 aromatic rings. The van der Waals surface area contributed by atoms with Crippen molar-refractivity contribution in [2.45, 2.75) is 24.8 Å². The third-order valence-corrected chi connectivity index (χ3v) is 7.53. The van der Waals surface area contributed by atoms with Crippen LogP contribution in [0.5, 0.6) is 0 Å². The first-order valence-corrected chi connectivity index (χ1v) is 11.7. The van der Waals surface area contributed by atoms with Gasteiger partial charge < -0.3 is 9.15 Å². The first kappa shape index (κ1) is 20.6. The van der Waals surface area contributed by atoms with Crippen molar-refractivity contribution >= 4 is 47.5 Å². The molecular weight excluding hydrogens is 422 g/mol. The van der Waals surface area contributed by atoms with Gasteiger partial charge in [-0.1, -0.05) is 26.0 Å². The Morgan fingerprint density at radius 3 is 2.53 bits per heavy atom. The summed E-state index contributed by atoms with van der Waals surface area (Å²) >= 11 is 1.59. The van der Waals surface area contributed by atoms with E-state index in [4.69, 9.17) is 9.15 Å². The average Bonchev–Trinajstić information content (AvgIpc) is 3.38. The summed E-state index contributed by atoms with van der Waals surface area (Å²) in [6, 6.07) is 13.8. The van der Waals surface area contributed by atoms with Gasteiger partial charge in [0.2, 0.25) is 10.0 Å². The number of esters is 1. The number of hydrogen-bond acceptors (Lipinski definition) is 6. The topological polar surface area (TPSA) is 85.6 Å². The van der Waals surface area contributed by atoms with E-state index >= 15 is 0 Å². The van der Waals surface area contributed by atoms with Crippen molar-refractivity contribution in [3.05, 3.63) is 54.8 Å². The van der Waals surface area contributed by atoms with Crippen LogP contribution in [0.2, 0.25) is 0 Å². The first-order valence-electron chi connectivity index (χ1n) is 9.40. The van der Waals surface area contributed by atoms with Gasteiger partial charge in [0.25, 0.3) is 0 Å². The van der Waals surface area contributed by atoms with Crippen molar-refractivity contribution in [3.63, 3.8) is 0 Å². The van der Waals surface area contributed by atoms with E-state index < -0.39 is 22.0 Å². The van der Waals surface area contributed by atoms with Gasteiger partial charge in [-0.05, 0) is 42.3 Å². The molecule has 8 heteroatoms. The molecule has 156 valence electrons. The number of methoxy groups -OCH3 is 1. The first-order chi connectivity index (χ1) is 14.3. The summed E-state index contributed by atoms with van der Waals surface area (Å²) in [5.74, 6) is -0.0802. The van der Waals surface area contributed by atoms with Crippen molar-refractivity contribution in [1.29, 1.82) is 0 Å². The molecule has 0 aliphatic heterocycles. The molecule has 30 heavy (non-hydrogen) atoms. The molecule has 0 aliphatic rings. The molecule has 0 saturated heterocycles. The van der Waals surface area contributed by atoms with Crippen molar-refractivity contribution in [1.82, 2.24) is 4.72 Å². The Morgan fingerprint density at radius 1 is 1.07 bits per heavy atom. The van der Waals surface area contributed by atoms with Gasteiger partial charge in [-0.15, -0.1) is 11.3 Å². The Balaban J connectivity index is 1.75. The Labute approximate surface area is 178 Å². The van der Waals surface area contributed by atoms with E-state index in [0.29, 0.717) is 0 Å². The molecular formula is C22H21NO5S2. The summed E-state index contributed by atoms with van der Waals surface area (Å²) in [6.45, 7) is 3.52. The molecule has 1 atom stereocenters. The SMILES string of the molecule is COC(=O)[C@H](NS(=O)(=O)c1ccc2sc3cc(-c4ccco4)ccc3c2c1)C(C)C. The smallest absolute Gasteiger partial charge is 0.324 e. The normalized spacial score (nSPS) is 13.2. The van der Waals surface area contributed by atoms with Crippen LogP contribution in [0, 0.1) is 5.92 Å². The Morgan fingerprint density at radius 2 is 1.87 bits per heavy atom. The van der Waals surface area contributed by atoms with Crippen LogP contribution in [0.25, 0.3) is 31.5 Å². The Bertz CT molecular complexity index is 1320. The molecule has 0 aliphatic carbocycles. The van der Waals surface area contributed by atoms with Crippen LogP contribution in [-0.2, 0) is 19.6 Å². The van der Waals surface area contributed by atoms with Gasteiger partial charge in [0, 0.05) is 25.7 Å². The molecule has 0 unspecified atom stereocenters. The molecule has 0 spiro atoms. The van der Waals surface area contributed by atoms with Crippen molar-refractivity contribution in [2.24, 2.45) is 5.92 Å². The molecule has 2 heterocycles. The summed E-state index contributed by atoms with van der Waals surface area (Å²) in [6.07, 6.45) is 1.63. The van der Waals surface area contributed by atoms with Crippen LogP contribution in [0.15, 0.2) is 64.1 Å². The number of fused-ring (bicyclic) bond motifs is 3. The van der Waals surface area contributed by atoms with Gasteiger partial charge in [0.1, 0.15) is 11.8 Å². The second kappa shape index (κ2) is 7.86. The summed E-state index contributed by atoms with van der Waals surface area (Å²) in [7, 11) is -2.66. The van der Waals surface area contributed by atoms with Crippen molar-refractivity contribution in [2.75, 3.05) is 7.11 Å². The molecule has 0 saturated carbocycles. The van der Waals surface area contributed by atoms with E-state index in [9.17, 15) is 13.2 Å². The quantitative estimate of drug-likeness (QED) is 0.433. The van der Waals surface area contributed by atoms with Crippen LogP contribution < -0.4 is 4.72 Å². The maximum Gasteiger partial charge on any atom is 0.324 e. The lowest BCUT2D eigenvalue weighted by Crippen LogP contribution is -2.44. The number of ether oxygens (including phenoxy) is 1. The lowest BCUT2D eigenvalue weighted by atomic mass is 10.1. The van der Waals surface area contributed by atoms with Crippen LogP contribution in [0.4, 0.5) is 0 Å². The molecule has 0 radical (unpaired) electrons. The third kappa shape index (κ3) is 3.74. The van der Waals surface area contributed by atoms with E-state index in [1.807, 2.05) is 30.3 Å². The zero-order chi connectivity index (χ0) is 21.5. The number of furan rings is 1. The fourth-order valence-electron chi connectivity index (χ4n) is 3.34. The van der Waals surface area contributed by atoms with E-state index in [-0.39, 0.29) is 10.8 Å². The number of hydrogen-bond donors (Lipinski definition) is 1. The summed E-state index contributed by atoms with van der Waals surface area (Å²) in [4.78, 5) is 12.1. The standard InChI is InChI=1S/C22H21NO5S2/c1-13(2)21(22(24)27-3)23-30(25,26)15-7-9-19-17(12-15)16-8-6-14(11-20(16)29-19)18-5-4-10-28-18/h4-13,21,23H,1-3H3/t21-/m1/s1. The molecule has 0 amide bonds. The van der Waals surface area contributed by atoms with Gasteiger partial charge >= 0.3 is 5.97 Å². The Hall–Kier alpha value is -2.68. The Kier molecular flexibility index (Phi) is 5.40. The lowest BCUT2D eigenvalue weighted by molar-refractivity contribution is -0.143. The van der Waals surface area contributed by atoms with Crippen LogP contribution in [-0.4, -0.2) is 27.5 Å². The van der Waals surface area contributed by atoms with E-state index in [2.05, 4.69) is 4.72 Å². The van der Waals surface area contributed by atoms with Gasteiger partial charge in [-0.25, -0.2) is 8.42 Å². The average molecular weight is 444 g/mol. The molecule has 4 rings (SSSR count). The molecule has 1 N–H and O–H groups in total. The number of benzene rings is 2. The molecule has 0 fully saturated rings. The minimum atomic E-state index is -3.90. The number of carbonyl (C=O) groups is 1. The summed E-state index contributed by atoms with van der Waals surface area (Å²) < 4.78 is 40.6. The predicted octanol–water partition coefficient (Wildman–Crippen LogP) is 4.79. The number of sulfonamides is 1. The zero-order valence-electron chi connectivity index (χ0n) is 16.7. The van der Waals surface area contributed by atoms with Crippen LogP contribution in [0.1, 0.15) is 13.8 Å². The second-order valence-corrected chi connectivity index (χ2v) is 10.1. The van der Waals surface area contributed by atoms with Gasteiger partial charge in [-0.3, -0.25) is 4.79 Å². The van der Waals surface area contributed by atoms with Gasteiger partial charge in [-0.2, -0.15) is 4.72 Å². The van der Waals surface area contributed by atoms with Crippen molar-refractivity contribution < 1.29 is 22.4 Å². The number of thiophene rings is 1. The molecule has 6 nitrogen and oxygen atoms in total. The number of carbonyl (C=O) groups excluding carboxylic acids is 1. The summed E-state index contributed by atoms with van der Waals surface area (Å²) in [5.41, 5.74) is 0.964. The zero-order valence-corrected chi connectivity index (χ0v) is 18.3. The van der Waals surface area contributed by atoms with E-state index in [1.54, 1.807) is 49.6 Å². The van der Waals surface area contributed by atoms with Gasteiger partial charge in [0.15, 0.2) is 0 Å². The predicted molar refractivity (Wildman–Crippen MR) is 118 cm³/mol. The molecule has 0 bridgehead atoms. The van der Waals surface area contributed by atoms with Gasteiger partial charge in [0.05, 0.1) is 18.3 Å². The van der Waals surface area contributed by atoms with Crippen LogP contribution >= 0.6 is 11.3 Å². The number of nitrogens with one attached hydrogen (secondary N) is 1. The fraction of sp³-hybridized carbons (Fsp3) is 0.227. The fourth-order valence-corrected chi connectivity index (χ4v) is 5.82. The minimum Gasteiger partial charge on any atom is -0.468 e. The largest absolute Gasteiger partial charge is 0.468 e. The second-order valence-electron chi connectivity index (χ2n) is 7.31. The lowest BCUT2D eigenvalue weighted by Gasteiger charge is -2.19. The van der Waals surface area contributed by atoms with Crippen molar-refractivity contribution in [3.8, 4) is 11.3 Å². The summed E-state index contributed by atoms with van der Waals surface area (Å²) in [5, 5.41) is 1.82. The molecule has 2 aromatic carbocycles. The van der Waals surface area contributed by atoms with E-state index in [1.165, 1.54) is 7.11 Å². The van der Waals surface area contributed by atoms with E-state index in [0.717, 1.165) is 31.5 Å². The van der Waals surface area contributed by atoms with Crippen LogP contribution in [0.3, 0.4) is 0 Å². The highest BCUT2D eigenvalue weighted by Gasteiger charge is 2.29. The highest BCUT2D eigenvalue weighted by Crippen LogP contribution is 2.37. The highest BCUT2D eigenvalue weighted by molar-refractivity contribution is 7.89. The maximum atomic E-state index is 13.0. The highest BCUT2D eigenvalue weighted by atomic mass is 32.2. The number of rotatable bonds is 6. The maximum absolute atomic E-state index is 13.0. The monoisotopic (exact) mass is 443 g/mol.